The number of aromatic carboxylic acids is 1. The summed E-state index contributed by atoms with van der Waals surface area (Å²) in [5.74, 6) is -0.980. The van der Waals surface area contributed by atoms with Crippen LogP contribution >= 0.6 is 39.3 Å². The van der Waals surface area contributed by atoms with Crippen molar-refractivity contribution >= 4 is 45.3 Å². The maximum atomic E-state index is 11.2. The normalized spacial score (nSPS) is 10.3. The third-order valence-corrected chi connectivity index (χ3v) is 4.57. The van der Waals surface area contributed by atoms with Gasteiger partial charge in [0, 0.05) is 19.3 Å². The predicted octanol–water partition coefficient (Wildman–Crippen LogP) is 4.95. The predicted molar refractivity (Wildman–Crippen MR) is 76.7 cm³/mol. The molecule has 0 radical (unpaired) electrons. The number of halogens is 2. The van der Waals surface area contributed by atoms with Gasteiger partial charge in [0.15, 0.2) is 0 Å². The van der Waals surface area contributed by atoms with Gasteiger partial charge < -0.3 is 5.11 Å². The van der Waals surface area contributed by atoms with E-state index >= 15 is 0 Å². The smallest absolute Gasteiger partial charge is 0.336 e. The van der Waals surface area contributed by atoms with Crippen LogP contribution in [0.25, 0.3) is 0 Å². The van der Waals surface area contributed by atoms with Gasteiger partial charge in [-0.15, -0.1) is 0 Å². The third-order valence-electron chi connectivity index (χ3n) is 2.23. The Balaban J connectivity index is 2.41. The summed E-state index contributed by atoms with van der Waals surface area (Å²) in [5.41, 5.74) is 0.211. The zero-order valence-electron chi connectivity index (χ0n) is 9.06. The van der Waals surface area contributed by atoms with Crippen molar-refractivity contribution in [1.82, 2.24) is 0 Å². The van der Waals surface area contributed by atoms with E-state index in [4.69, 9.17) is 16.7 Å². The maximum Gasteiger partial charge on any atom is 0.336 e. The van der Waals surface area contributed by atoms with Gasteiger partial charge in [0.1, 0.15) is 0 Å². The van der Waals surface area contributed by atoms with E-state index in [1.54, 1.807) is 12.1 Å². The Labute approximate surface area is 122 Å². The summed E-state index contributed by atoms with van der Waals surface area (Å²) in [6.45, 7) is 0. The van der Waals surface area contributed by atoms with Gasteiger partial charge in [0.2, 0.25) is 0 Å². The van der Waals surface area contributed by atoms with Gasteiger partial charge in [-0.1, -0.05) is 35.5 Å². The summed E-state index contributed by atoms with van der Waals surface area (Å²) in [6, 6.07) is 12.5. The Hall–Kier alpha value is -0.970. The highest BCUT2D eigenvalue weighted by Crippen LogP contribution is 2.36. The summed E-state index contributed by atoms with van der Waals surface area (Å²) >= 11 is 10.6. The highest BCUT2D eigenvalue weighted by Gasteiger charge is 2.12. The highest BCUT2D eigenvalue weighted by molar-refractivity contribution is 9.10. The lowest BCUT2D eigenvalue weighted by atomic mass is 10.2. The molecule has 0 heterocycles. The molecule has 0 atom stereocenters. The molecule has 0 aliphatic carbocycles. The summed E-state index contributed by atoms with van der Waals surface area (Å²) in [5, 5.41) is 9.57. The number of benzene rings is 2. The largest absolute Gasteiger partial charge is 0.478 e. The van der Waals surface area contributed by atoms with Gasteiger partial charge in [-0.05, 0) is 46.3 Å². The first-order chi connectivity index (χ1) is 8.58. The van der Waals surface area contributed by atoms with Crippen LogP contribution in [0.2, 0.25) is 5.02 Å². The van der Waals surface area contributed by atoms with Crippen molar-refractivity contribution in [1.29, 1.82) is 0 Å². The van der Waals surface area contributed by atoms with E-state index in [1.807, 2.05) is 24.3 Å². The van der Waals surface area contributed by atoms with Crippen molar-refractivity contribution in [2.75, 3.05) is 0 Å². The quantitative estimate of drug-likeness (QED) is 0.856. The molecular formula is C13H8BrClO2S. The minimum atomic E-state index is -0.980. The average Bonchev–Trinajstić information content (AvgIpc) is 2.34. The van der Waals surface area contributed by atoms with Gasteiger partial charge in [0.25, 0.3) is 0 Å². The van der Waals surface area contributed by atoms with E-state index in [0.717, 1.165) is 9.37 Å². The molecule has 0 bridgehead atoms. The number of rotatable bonds is 3. The monoisotopic (exact) mass is 342 g/mol. The van der Waals surface area contributed by atoms with Crippen LogP contribution in [0, 0.1) is 0 Å². The molecule has 0 aromatic heterocycles. The molecule has 1 N–H and O–H groups in total. The molecule has 0 aliphatic heterocycles. The second kappa shape index (κ2) is 5.78. The van der Waals surface area contributed by atoms with Crippen LogP contribution in [-0.2, 0) is 0 Å². The molecule has 2 nitrogen and oxygen atoms in total. The molecule has 2 aromatic carbocycles. The molecule has 92 valence electrons. The minimum absolute atomic E-state index is 0.211. The van der Waals surface area contributed by atoms with Crippen molar-refractivity contribution in [3.8, 4) is 0 Å². The molecule has 0 saturated heterocycles. The van der Waals surface area contributed by atoms with Crippen molar-refractivity contribution in [2.24, 2.45) is 0 Å². The molecule has 18 heavy (non-hydrogen) atoms. The molecule has 2 aromatic rings. The average molecular weight is 344 g/mol. The fourth-order valence-corrected chi connectivity index (χ4v) is 3.05. The Morgan fingerprint density at radius 2 is 1.89 bits per heavy atom. The number of hydrogen-bond acceptors (Lipinski definition) is 2. The van der Waals surface area contributed by atoms with Crippen LogP contribution in [0.4, 0.5) is 0 Å². The lowest BCUT2D eigenvalue weighted by Gasteiger charge is -2.07. The topological polar surface area (TPSA) is 37.3 Å². The first-order valence-electron chi connectivity index (χ1n) is 5.03. The van der Waals surface area contributed by atoms with Crippen LogP contribution in [0.15, 0.2) is 56.7 Å². The minimum Gasteiger partial charge on any atom is -0.478 e. The van der Waals surface area contributed by atoms with E-state index in [9.17, 15) is 4.79 Å². The van der Waals surface area contributed by atoms with Crippen molar-refractivity contribution in [3.63, 3.8) is 0 Å². The first kappa shape index (κ1) is 13.5. The van der Waals surface area contributed by atoms with Crippen molar-refractivity contribution in [3.05, 3.63) is 57.5 Å². The first-order valence-corrected chi connectivity index (χ1v) is 7.02. The SMILES string of the molecule is O=C(O)c1cc(Cl)ccc1Sc1ccccc1Br. The van der Waals surface area contributed by atoms with Crippen molar-refractivity contribution in [2.45, 2.75) is 9.79 Å². The van der Waals surface area contributed by atoms with E-state index in [1.165, 1.54) is 17.8 Å². The Morgan fingerprint density at radius 3 is 2.56 bits per heavy atom. The van der Waals surface area contributed by atoms with Gasteiger partial charge in [0.05, 0.1) is 5.56 Å². The maximum absolute atomic E-state index is 11.2. The van der Waals surface area contributed by atoms with Crippen molar-refractivity contribution < 1.29 is 9.90 Å². The molecule has 0 amide bonds. The fraction of sp³-hybridized carbons (Fsp3) is 0. The molecule has 0 fully saturated rings. The number of carbonyl (C=O) groups is 1. The molecule has 0 spiro atoms. The summed E-state index contributed by atoms with van der Waals surface area (Å²) in [7, 11) is 0. The molecule has 5 heteroatoms. The zero-order chi connectivity index (χ0) is 13.1. The zero-order valence-corrected chi connectivity index (χ0v) is 12.2. The summed E-state index contributed by atoms with van der Waals surface area (Å²) in [4.78, 5) is 12.8. The van der Waals surface area contributed by atoms with Gasteiger partial charge in [-0.3, -0.25) is 0 Å². The fourth-order valence-electron chi connectivity index (χ4n) is 1.40. The molecule has 0 saturated carbocycles. The van der Waals surface area contributed by atoms with E-state index in [0.29, 0.717) is 9.92 Å². The van der Waals surface area contributed by atoms with Crippen LogP contribution in [0.1, 0.15) is 10.4 Å². The Bertz CT molecular complexity index is 601. The molecular weight excluding hydrogens is 336 g/mol. The standard InChI is InChI=1S/C13H8BrClO2S/c14-10-3-1-2-4-12(10)18-11-6-5-8(15)7-9(11)13(16)17/h1-7H,(H,16,17). The number of carboxylic acids is 1. The van der Waals surface area contributed by atoms with Crippen LogP contribution in [0.3, 0.4) is 0 Å². The highest BCUT2D eigenvalue weighted by atomic mass is 79.9. The second-order valence-corrected chi connectivity index (χ2v) is 5.85. The van der Waals surface area contributed by atoms with Crippen LogP contribution < -0.4 is 0 Å². The second-order valence-electron chi connectivity index (χ2n) is 3.48. The molecule has 2 rings (SSSR count). The van der Waals surface area contributed by atoms with E-state index < -0.39 is 5.97 Å². The van der Waals surface area contributed by atoms with E-state index in [-0.39, 0.29) is 5.56 Å². The lowest BCUT2D eigenvalue weighted by Crippen LogP contribution is -1.98. The van der Waals surface area contributed by atoms with Crippen LogP contribution in [-0.4, -0.2) is 11.1 Å². The van der Waals surface area contributed by atoms with Gasteiger partial charge >= 0.3 is 5.97 Å². The van der Waals surface area contributed by atoms with Crippen LogP contribution in [0.5, 0.6) is 0 Å². The van der Waals surface area contributed by atoms with Gasteiger partial charge in [-0.25, -0.2) is 4.79 Å². The number of carboxylic acid groups (broad SMARTS) is 1. The Kier molecular flexibility index (Phi) is 4.32. The number of hydrogen-bond donors (Lipinski definition) is 1. The summed E-state index contributed by atoms with van der Waals surface area (Å²) < 4.78 is 0.932. The molecule has 0 unspecified atom stereocenters. The Morgan fingerprint density at radius 1 is 1.17 bits per heavy atom. The lowest BCUT2D eigenvalue weighted by molar-refractivity contribution is 0.0693. The summed E-state index contributed by atoms with van der Waals surface area (Å²) in [6.07, 6.45) is 0. The van der Waals surface area contributed by atoms with E-state index in [2.05, 4.69) is 15.9 Å². The van der Waals surface area contributed by atoms with Gasteiger partial charge in [-0.2, -0.15) is 0 Å². The third kappa shape index (κ3) is 3.07. The molecule has 0 aliphatic rings.